The van der Waals surface area contributed by atoms with Crippen LogP contribution in [0, 0.1) is 0 Å². The Hall–Kier alpha value is -0.920. The quantitative estimate of drug-likeness (QED) is 0.0392. The van der Waals surface area contributed by atoms with Gasteiger partial charge in [-0.3, -0.25) is 0 Å². The van der Waals surface area contributed by atoms with Gasteiger partial charge in [0, 0.05) is 6.61 Å². The molecule has 0 unspecified atom stereocenters. The maximum atomic E-state index is 11.6. The number of hydrogen-bond donors (Lipinski definition) is 13. The molecule has 5 aliphatic heterocycles. The lowest BCUT2D eigenvalue weighted by Gasteiger charge is -2.50. The summed E-state index contributed by atoms with van der Waals surface area (Å²) in [6, 6.07) is 0. The van der Waals surface area contributed by atoms with E-state index < -0.39 is 167 Å². The van der Waals surface area contributed by atoms with Crippen LogP contribution in [0.4, 0.5) is 0 Å². The second kappa shape index (κ2) is 28.5. The van der Waals surface area contributed by atoms with E-state index in [-0.39, 0.29) is 6.61 Å². The summed E-state index contributed by atoms with van der Waals surface area (Å²) < 4.78 is 58.1. The van der Waals surface area contributed by atoms with E-state index in [0.717, 1.165) is 19.3 Å². The summed E-state index contributed by atoms with van der Waals surface area (Å²) in [6.07, 6.45) is -23.1. The van der Waals surface area contributed by atoms with Gasteiger partial charge in [-0.2, -0.15) is 0 Å². The molecule has 0 saturated carbocycles. The van der Waals surface area contributed by atoms with E-state index >= 15 is 0 Å². The largest absolute Gasteiger partial charge is 0.394 e. The number of rotatable bonds is 26. The molecule has 23 nitrogen and oxygen atoms in total. The van der Waals surface area contributed by atoms with Gasteiger partial charge in [-0.15, -0.1) is 0 Å². The molecule has 24 atom stereocenters. The highest BCUT2D eigenvalue weighted by Gasteiger charge is 2.56. The number of hydrogen-bond acceptors (Lipinski definition) is 23. The van der Waals surface area contributed by atoms with Crippen LogP contribution >= 0.6 is 0 Å². The standard InChI is InChI=1S/C45H82O23/c1-4-5-6-7-8-9-10-11-12-13-14-15-16-17-18-59-41-35(56)33(54)30(51)26(65-41)21-61-43-37(58)38(28(49)23(3)62-43)66-45-40(68-44-36(57)32(53)27(48)22(2)63-44)39(31(52)25(19-46)64-45)67-42-34(55)29(50)24(47)20-60-42/h22-58H,4-21H2,1-3H3/t22-,23-,24-,25+,26+,27-,28-,29-,30+,31+,32+,33-,34+,35+,36+,37+,38+,39-,40+,41+,42-,43+,44-,45-/m0/s1. The third-order valence-electron chi connectivity index (χ3n) is 13.6. The Morgan fingerprint density at radius 1 is 0.397 bits per heavy atom. The number of aliphatic hydroxyl groups is 13. The van der Waals surface area contributed by atoms with Crippen LogP contribution in [0.2, 0.25) is 0 Å². The van der Waals surface area contributed by atoms with Gasteiger partial charge in [-0.25, -0.2) is 0 Å². The van der Waals surface area contributed by atoms with E-state index in [1.165, 1.54) is 78.1 Å². The van der Waals surface area contributed by atoms with Crippen LogP contribution in [-0.2, 0) is 47.4 Å². The van der Waals surface area contributed by atoms with Crippen molar-refractivity contribution in [3.05, 3.63) is 0 Å². The molecular weight excluding hydrogens is 908 g/mol. The zero-order chi connectivity index (χ0) is 49.7. The average Bonchev–Trinajstić information content (AvgIpc) is 3.32. The first-order valence-electron chi connectivity index (χ1n) is 24.7. The Labute approximate surface area is 397 Å². The molecule has 0 bridgehead atoms. The molecule has 5 fully saturated rings. The van der Waals surface area contributed by atoms with E-state index in [4.69, 9.17) is 47.4 Å². The fraction of sp³-hybridized carbons (Fsp3) is 1.00. The maximum Gasteiger partial charge on any atom is 0.187 e. The average molecular weight is 991 g/mol. The van der Waals surface area contributed by atoms with Crippen molar-refractivity contribution in [2.45, 2.75) is 258 Å². The summed E-state index contributed by atoms with van der Waals surface area (Å²) in [5, 5.41) is 140. The van der Waals surface area contributed by atoms with Gasteiger partial charge < -0.3 is 114 Å². The highest BCUT2D eigenvalue weighted by atomic mass is 16.8. The highest BCUT2D eigenvalue weighted by Crippen LogP contribution is 2.36. The first-order valence-corrected chi connectivity index (χ1v) is 24.7. The van der Waals surface area contributed by atoms with Crippen LogP contribution < -0.4 is 0 Å². The van der Waals surface area contributed by atoms with Crippen LogP contribution in [0.25, 0.3) is 0 Å². The van der Waals surface area contributed by atoms with Gasteiger partial charge in [-0.1, -0.05) is 90.4 Å². The Balaban J connectivity index is 1.19. The van der Waals surface area contributed by atoms with Crippen molar-refractivity contribution < 1.29 is 114 Å². The predicted octanol–water partition coefficient (Wildman–Crippen LogP) is -2.72. The smallest absolute Gasteiger partial charge is 0.187 e. The zero-order valence-corrected chi connectivity index (χ0v) is 39.5. The topological polar surface area (TPSA) is 355 Å². The summed E-state index contributed by atoms with van der Waals surface area (Å²) in [6.45, 7) is 3.30. The molecular formula is C45H82O23. The molecule has 5 heterocycles. The minimum absolute atomic E-state index is 0.218. The van der Waals surface area contributed by atoms with Crippen LogP contribution in [0.15, 0.2) is 0 Å². The molecule has 0 aromatic rings. The van der Waals surface area contributed by atoms with E-state index in [2.05, 4.69) is 6.92 Å². The molecule has 0 amide bonds. The molecule has 68 heavy (non-hydrogen) atoms. The number of unbranched alkanes of at least 4 members (excludes halogenated alkanes) is 13. The molecule has 0 radical (unpaired) electrons. The fourth-order valence-corrected chi connectivity index (χ4v) is 9.11. The molecule has 0 aliphatic carbocycles. The van der Waals surface area contributed by atoms with Gasteiger partial charge in [0.1, 0.15) is 104 Å². The lowest BCUT2D eigenvalue weighted by molar-refractivity contribution is -0.402. The molecule has 400 valence electrons. The molecule has 5 aliphatic rings. The van der Waals surface area contributed by atoms with Gasteiger partial charge >= 0.3 is 0 Å². The molecule has 13 N–H and O–H groups in total. The van der Waals surface area contributed by atoms with E-state index in [9.17, 15) is 66.4 Å². The Kier molecular flexibility index (Phi) is 24.3. The van der Waals surface area contributed by atoms with E-state index in [1.54, 1.807) is 0 Å². The van der Waals surface area contributed by atoms with Crippen molar-refractivity contribution in [3.63, 3.8) is 0 Å². The normalized spacial score (nSPS) is 44.8. The minimum Gasteiger partial charge on any atom is -0.394 e. The van der Waals surface area contributed by atoms with Crippen molar-refractivity contribution in [1.82, 2.24) is 0 Å². The zero-order valence-electron chi connectivity index (χ0n) is 39.5. The van der Waals surface area contributed by atoms with Crippen molar-refractivity contribution in [1.29, 1.82) is 0 Å². The minimum atomic E-state index is -1.92. The SMILES string of the molecule is CCCCCCCCCCCCCCCCO[C@@H]1O[C@H](CO[C@@H]2O[C@@H](C)[C@H](O)[C@@H](O[C@@H]3O[C@H](CO)[C@@H](O)[C@H](O[C@@H]4OC[C@H](O)[C@H](O)[C@H]4O)[C@H]3O[C@@H]3O[C@@H](C)[C@H](O)[C@@H](O)[C@H]3O)[C@H]2O)[C@@H](O)[C@H](O)[C@H]1O. The molecule has 0 aromatic carbocycles. The van der Waals surface area contributed by atoms with Crippen LogP contribution in [-0.4, -0.2) is 240 Å². The molecule has 5 rings (SSSR count). The maximum absolute atomic E-state index is 11.6. The Morgan fingerprint density at radius 2 is 0.882 bits per heavy atom. The summed E-state index contributed by atoms with van der Waals surface area (Å²) in [4.78, 5) is 0. The molecule has 0 aromatic heterocycles. The number of ether oxygens (including phenoxy) is 10. The first-order chi connectivity index (χ1) is 32.5. The van der Waals surface area contributed by atoms with Crippen LogP contribution in [0.3, 0.4) is 0 Å². The Bertz CT molecular complexity index is 1390. The third kappa shape index (κ3) is 15.3. The second-order valence-corrected chi connectivity index (χ2v) is 19.0. The first kappa shape index (κ1) is 58.0. The lowest BCUT2D eigenvalue weighted by atomic mass is 9.95. The van der Waals surface area contributed by atoms with Crippen LogP contribution in [0.1, 0.15) is 111 Å². The molecule has 5 saturated heterocycles. The Morgan fingerprint density at radius 3 is 1.50 bits per heavy atom. The van der Waals surface area contributed by atoms with Crippen molar-refractivity contribution in [2.24, 2.45) is 0 Å². The van der Waals surface area contributed by atoms with Crippen molar-refractivity contribution >= 4 is 0 Å². The predicted molar refractivity (Wildman–Crippen MR) is 232 cm³/mol. The summed E-state index contributed by atoms with van der Waals surface area (Å²) in [5.74, 6) is 0. The summed E-state index contributed by atoms with van der Waals surface area (Å²) in [5.41, 5.74) is 0. The van der Waals surface area contributed by atoms with Gasteiger partial charge in [0.25, 0.3) is 0 Å². The number of aliphatic hydroxyl groups excluding tert-OH is 13. The third-order valence-corrected chi connectivity index (χ3v) is 13.6. The summed E-state index contributed by atoms with van der Waals surface area (Å²) in [7, 11) is 0. The van der Waals surface area contributed by atoms with E-state index in [0.29, 0.717) is 6.42 Å². The fourth-order valence-electron chi connectivity index (χ4n) is 9.11. The second-order valence-electron chi connectivity index (χ2n) is 19.0. The van der Waals surface area contributed by atoms with E-state index in [1.807, 2.05) is 0 Å². The monoisotopic (exact) mass is 991 g/mol. The van der Waals surface area contributed by atoms with Crippen molar-refractivity contribution in [2.75, 3.05) is 26.4 Å². The molecule has 0 spiro atoms. The lowest BCUT2D eigenvalue weighted by Crippen LogP contribution is -2.68. The van der Waals surface area contributed by atoms with Gasteiger partial charge in [-0.05, 0) is 20.3 Å². The van der Waals surface area contributed by atoms with Gasteiger partial charge in [0.15, 0.2) is 31.5 Å². The highest BCUT2D eigenvalue weighted by molar-refractivity contribution is 4.98. The van der Waals surface area contributed by atoms with Gasteiger partial charge in [0.2, 0.25) is 0 Å². The van der Waals surface area contributed by atoms with Crippen molar-refractivity contribution in [3.8, 4) is 0 Å². The molecule has 23 heteroatoms. The van der Waals surface area contributed by atoms with Gasteiger partial charge in [0.05, 0.1) is 32.0 Å². The summed E-state index contributed by atoms with van der Waals surface area (Å²) >= 11 is 0. The van der Waals surface area contributed by atoms with Crippen LogP contribution in [0.5, 0.6) is 0 Å².